The third-order valence-electron chi connectivity index (χ3n) is 2.85. The van der Waals surface area contributed by atoms with Gasteiger partial charge in [0, 0.05) is 13.0 Å². The van der Waals surface area contributed by atoms with Crippen LogP contribution in [0.2, 0.25) is 0 Å². The van der Waals surface area contributed by atoms with Crippen LogP contribution in [-0.4, -0.2) is 27.4 Å². The van der Waals surface area contributed by atoms with Gasteiger partial charge in [-0.25, -0.2) is 4.98 Å². The first kappa shape index (κ1) is 13.5. The Kier molecular flexibility index (Phi) is 4.88. The number of rotatable bonds is 7. The lowest BCUT2D eigenvalue weighted by Crippen LogP contribution is -2.41. The second-order valence-electron chi connectivity index (χ2n) is 4.18. The molecular formula is C13H19N5O. The standard InChI is InChI=1S/C13H19N5O/c1-2-18-13(15-10-16-18)8-11(17-14)9-19-12-6-4-3-5-7-12/h3-7,10-11,17H,2,8-9,14H2,1H3. The minimum absolute atomic E-state index is 0.00490. The number of aryl methyl sites for hydroxylation is 1. The molecule has 3 N–H and O–H groups in total. The van der Waals surface area contributed by atoms with Crippen molar-refractivity contribution >= 4 is 0 Å². The number of aromatic nitrogens is 3. The molecule has 6 heteroatoms. The summed E-state index contributed by atoms with van der Waals surface area (Å²) in [7, 11) is 0. The molecule has 0 saturated heterocycles. The predicted octanol–water partition coefficient (Wildman–Crippen LogP) is 0.751. The van der Waals surface area contributed by atoms with Crippen LogP contribution in [0, 0.1) is 0 Å². The smallest absolute Gasteiger partial charge is 0.138 e. The quantitative estimate of drug-likeness (QED) is 0.568. The molecule has 0 amide bonds. The molecule has 0 spiro atoms. The number of hydrogen-bond donors (Lipinski definition) is 2. The minimum Gasteiger partial charge on any atom is -0.492 e. The third kappa shape index (κ3) is 3.77. The number of ether oxygens (including phenoxy) is 1. The zero-order chi connectivity index (χ0) is 13.5. The summed E-state index contributed by atoms with van der Waals surface area (Å²) in [6.07, 6.45) is 2.24. The predicted molar refractivity (Wildman–Crippen MR) is 72.4 cm³/mol. The summed E-state index contributed by atoms with van der Waals surface area (Å²) in [5.74, 6) is 7.30. The van der Waals surface area contributed by atoms with E-state index >= 15 is 0 Å². The van der Waals surface area contributed by atoms with Gasteiger partial charge < -0.3 is 4.74 Å². The zero-order valence-electron chi connectivity index (χ0n) is 11.0. The van der Waals surface area contributed by atoms with E-state index in [0.29, 0.717) is 13.0 Å². The van der Waals surface area contributed by atoms with Gasteiger partial charge in [0.15, 0.2) is 0 Å². The van der Waals surface area contributed by atoms with Gasteiger partial charge in [-0.05, 0) is 19.1 Å². The first-order chi connectivity index (χ1) is 9.33. The number of hydrogen-bond acceptors (Lipinski definition) is 5. The lowest BCUT2D eigenvalue weighted by atomic mass is 10.2. The van der Waals surface area contributed by atoms with E-state index < -0.39 is 0 Å². The highest BCUT2D eigenvalue weighted by molar-refractivity contribution is 5.20. The molecule has 0 radical (unpaired) electrons. The van der Waals surface area contributed by atoms with Crippen molar-refractivity contribution in [3.8, 4) is 5.75 Å². The van der Waals surface area contributed by atoms with Crippen molar-refractivity contribution in [2.24, 2.45) is 5.84 Å². The molecule has 102 valence electrons. The molecule has 6 nitrogen and oxygen atoms in total. The lowest BCUT2D eigenvalue weighted by Gasteiger charge is -2.16. The van der Waals surface area contributed by atoms with Crippen LogP contribution < -0.4 is 16.0 Å². The molecule has 0 bridgehead atoms. The summed E-state index contributed by atoms with van der Waals surface area (Å²) >= 11 is 0. The molecule has 1 unspecified atom stereocenters. The fraction of sp³-hybridized carbons (Fsp3) is 0.385. The average Bonchev–Trinajstić information content (AvgIpc) is 2.91. The molecule has 2 rings (SSSR count). The molecule has 1 heterocycles. The van der Waals surface area contributed by atoms with Crippen LogP contribution >= 0.6 is 0 Å². The van der Waals surface area contributed by atoms with E-state index in [1.165, 1.54) is 0 Å². The Labute approximate surface area is 112 Å². The average molecular weight is 261 g/mol. The topological polar surface area (TPSA) is 78.0 Å². The normalized spacial score (nSPS) is 12.3. The zero-order valence-corrected chi connectivity index (χ0v) is 11.0. The Hall–Kier alpha value is -1.92. The van der Waals surface area contributed by atoms with E-state index in [0.717, 1.165) is 18.1 Å². The minimum atomic E-state index is -0.00490. The fourth-order valence-corrected chi connectivity index (χ4v) is 1.81. The van der Waals surface area contributed by atoms with Crippen molar-refractivity contribution in [1.82, 2.24) is 20.2 Å². The largest absolute Gasteiger partial charge is 0.492 e. The molecule has 1 aromatic carbocycles. The van der Waals surface area contributed by atoms with E-state index in [1.54, 1.807) is 6.33 Å². The molecule has 0 aliphatic heterocycles. The Morgan fingerprint density at radius 1 is 1.37 bits per heavy atom. The van der Waals surface area contributed by atoms with Gasteiger partial charge in [0.25, 0.3) is 0 Å². The van der Waals surface area contributed by atoms with Crippen LogP contribution in [0.25, 0.3) is 0 Å². The van der Waals surface area contributed by atoms with E-state index in [4.69, 9.17) is 10.6 Å². The van der Waals surface area contributed by atoms with E-state index in [-0.39, 0.29) is 6.04 Å². The molecule has 0 saturated carbocycles. The SMILES string of the molecule is CCn1ncnc1CC(COc1ccccc1)NN. The maximum atomic E-state index is 5.68. The van der Waals surface area contributed by atoms with Crippen LogP contribution in [0.4, 0.5) is 0 Å². The van der Waals surface area contributed by atoms with Crippen molar-refractivity contribution in [1.29, 1.82) is 0 Å². The summed E-state index contributed by atoms with van der Waals surface area (Å²) in [6.45, 7) is 3.31. The number of para-hydroxylation sites is 1. The summed E-state index contributed by atoms with van der Waals surface area (Å²) in [5, 5.41) is 4.14. The van der Waals surface area contributed by atoms with Crippen LogP contribution in [0.1, 0.15) is 12.7 Å². The molecule has 0 fully saturated rings. The van der Waals surface area contributed by atoms with E-state index in [9.17, 15) is 0 Å². The van der Waals surface area contributed by atoms with Crippen LogP contribution in [0.15, 0.2) is 36.7 Å². The number of hydrazine groups is 1. The summed E-state index contributed by atoms with van der Waals surface area (Å²) in [5.41, 5.74) is 2.76. The van der Waals surface area contributed by atoms with Crippen molar-refractivity contribution in [3.05, 3.63) is 42.5 Å². The van der Waals surface area contributed by atoms with Crippen LogP contribution in [-0.2, 0) is 13.0 Å². The van der Waals surface area contributed by atoms with Crippen molar-refractivity contribution in [3.63, 3.8) is 0 Å². The van der Waals surface area contributed by atoms with Gasteiger partial charge in [-0.15, -0.1) is 0 Å². The van der Waals surface area contributed by atoms with Gasteiger partial charge in [0.05, 0.1) is 6.04 Å². The monoisotopic (exact) mass is 261 g/mol. The van der Waals surface area contributed by atoms with Crippen molar-refractivity contribution in [2.75, 3.05) is 6.61 Å². The highest BCUT2D eigenvalue weighted by Gasteiger charge is 2.13. The molecular weight excluding hydrogens is 242 g/mol. The number of nitrogens with one attached hydrogen (secondary N) is 1. The highest BCUT2D eigenvalue weighted by Crippen LogP contribution is 2.09. The van der Waals surface area contributed by atoms with Crippen LogP contribution in [0.3, 0.4) is 0 Å². The Balaban J connectivity index is 1.90. The Morgan fingerprint density at radius 2 is 2.16 bits per heavy atom. The van der Waals surface area contributed by atoms with Gasteiger partial charge >= 0.3 is 0 Å². The maximum absolute atomic E-state index is 5.68. The Bertz CT molecular complexity index is 485. The molecule has 19 heavy (non-hydrogen) atoms. The van der Waals surface area contributed by atoms with Crippen molar-refractivity contribution in [2.45, 2.75) is 25.9 Å². The summed E-state index contributed by atoms with van der Waals surface area (Å²) in [6, 6.07) is 9.66. The summed E-state index contributed by atoms with van der Waals surface area (Å²) in [4.78, 5) is 4.23. The third-order valence-corrected chi connectivity index (χ3v) is 2.85. The summed E-state index contributed by atoms with van der Waals surface area (Å²) < 4.78 is 7.54. The first-order valence-electron chi connectivity index (χ1n) is 6.34. The molecule has 1 atom stereocenters. The van der Waals surface area contributed by atoms with Gasteiger partial charge in [-0.3, -0.25) is 16.0 Å². The van der Waals surface area contributed by atoms with Crippen molar-refractivity contribution < 1.29 is 4.74 Å². The first-order valence-corrected chi connectivity index (χ1v) is 6.34. The van der Waals surface area contributed by atoms with Crippen LogP contribution in [0.5, 0.6) is 5.75 Å². The second-order valence-corrected chi connectivity index (χ2v) is 4.18. The number of benzene rings is 1. The Morgan fingerprint density at radius 3 is 2.84 bits per heavy atom. The maximum Gasteiger partial charge on any atom is 0.138 e. The lowest BCUT2D eigenvalue weighted by molar-refractivity contribution is 0.261. The van der Waals surface area contributed by atoms with Gasteiger partial charge in [-0.1, -0.05) is 18.2 Å². The highest BCUT2D eigenvalue weighted by atomic mass is 16.5. The molecule has 2 aromatic rings. The number of nitrogens with two attached hydrogens (primary N) is 1. The van der Waals surface area contributed by atoms with Gasteiger partial charge in [-0.2, -0.15) is 5.10 Å². The fourth-order valence-electron chi connectivity index (χ4n) is 1.81. The van der Waals surface area contributed by atoms with E-state index in [2.05, 4.69) is 15.5 Å². The molecule has 0 aliphatic rings. The molecule has 1 aromatic heterocycles. The molecule has 0 aliphatic carbocycles. The van der Waals surface area contributed by atoms with Gasteiger partial charge in [0.1, 0.15) is 24.5 Å². The van der Waals surface area contributed by atoms with E-state index in [1.807, 2.05) is 41.9 Å². The second kappa shape index (κ2) is 6.86. The van der Waals surface area contributed by atoms with Gasteiger partial charge in [0.2, 0.25) is 0 Å². The number of nitrogens with zero attached hydrogens (tertiary/aromatic N) is 3.